The molecule has 2 aromatic heterocycles. The zero-order chi connectivity index (χ0) is 18.1. The molecule has 0 unspecified atom stereocenters. The van der Waals surface area contributed by atoms with Crippen molar-refractivity contribution in [1.82, 2.24) is 19.9 Å². The van der Waals surface area contributed by atoms with E-state index in [9.17, 15) is 0 Å². The Kier molecular flexibility index (Phi) is 4.57. The van der Waals surface area contributed by atoms with E-state index in [1.807, 2.05) is 18.2 Å². The number of pyridine rings is 1. The lowest BCUT2D eigenvalue weighted by molar-refractivity contribution is 0.676. The molecule has 0 radical (unpaired) electrons. The predicted octanol–water partition coefficient (Wildman–Crippen LogP) is 4.00. The second-order valence-corrected chi connectivity index (χ2v) is 7.50. The summed E-state index contributed by atoms with van der Waals surface area (Å²) < 4.78 is 0. The Labute approximate surface area is 154 Å². The Hall–Kier alpha value is -2.50. The lowest BCUT2D eigenvalue weighted by Gasteiger charge is -2.17. The molecular formula is C20H26N6. The summed E-state index contributed by atoms with van der Waals surface area (Å²) in [5, 5.41) is 6.90. The number of hydrogen-bond donors (Lipinski definition) is 2. The summed E-state index contributed by atoms with van der Waals surface area (Å²) in [6.45, 7) is 8.18. The van der Waals surface area contributed by atoms with Gasteiger partial charge < -0.3 is 10.6 Å². The number of rotatable bonds is 8. The van der Waals surface area contributed by atoms with Crippen LogP contribution in [-0.2, 0) is 0 Å². The molecule has 4 rings (SSSR count). The summed E-state index contributed by atoms with van der Waals surface area (Å²) in [6, 6.07) is 6.52. The molecule has 2 aromatic rings. The fourth-order valence-corrected chi connectivity index (χ4v) is 3.14. The first-order valence-corrected chi connectivity index (χ1v) is 9.51. The molecular weight excluding hydrogens is 324 g/mol. The van der Waals surface area contributed by atoms with Gasteiger partial charge in [0.15, 0.2) is 5.82 Å². The molecule has 2 saturated carbocycles. The molecule has 2 atom stereocenters. The van der Waals surface area contributed by atoms with E-state index in [2.05, 4.69) is 51.0 Å². The highest BCUT2D eigenvalue weighted by atomic mass is 15.2. The van der Waals surface area contributed by atoms with Crippen molar-refractivity contribution in [2.45, 2.75) is 51.6 Å². The Balaban J connectivity index is 1.64. The minimum atomic E-state index is 0.367. The summed E-state index contributed by atoms with van der Waals surface area (Å²) in [6.07, 6.45) is 6.84. The Morgan fingerprint density at radius 1 is 0.923 bits per heavy atom. The minimum Gasteiger partial charge on any atom is -0.351 e. The summed E-state index contributed by atoms with van der Waals surface area (Å²) in [5.74, 6) is 3.26. The van der Waals surface area contributed by atoms with Gasteiger partial charge >= 0.3 is 0 Å². The van der Waals surface area contributed by atoms with E-state index < -0.39 is 0 Å². The number of hydrogen-bond acceptors (Lipinski definition) is 6. The first kappa shape index (κ1) is 16.9. The molecule has 6 heteroatoms. The van der Waals surface area contributed by atoms with Crippen molar-refractivity contribution in [3.63, 3.8) is 0 Å². The average molecular weight is 350 g/mol. The van der Waals surface area contributed by atoms with Gasteiger partial charge in [-0.05, 0) is 69.6 Å². The SMILES string of the molecule is C=Cc1cccc(-c2nc(N[C@H](C)C3CC3)nc(N[C@H](C)C3CC3)n2)n1. The Bertz CT molecular complexity index is 758. The van der Waals surface area contributed by atoms with Crippen molar-refractivity contribution in [2.24, 2.45) is 11.8 Å². The zero-order valence-electron chi connectivity index (χ0n) is 15.4. The van der Waals surface area contributed by atoms with Crippen LogP contribution < -0.4 is 10.6 Å². The number of nitrogens with zero attached hydrogens (tertiary/aromatic N) is 4. The Morgan fingerprint density at radius 2 is 1.50 bits per heavy atom. The fraction of sp³-hybridized carbons (Fsp3) is 0.500. The van der Waals surface area contributed by atoms with Crippen molar-refractivity contribution in [2.75, 3.05) is 10.6 Å². The van der Waals surface area contributed by atoms with Crippen LogP contribution in [-0.4, -0.2) is 32.0 Å². The van der Waals surface area contributed by atoms with Gasteiger partial charge in [0.1, 0.15) is 5.69 Å². The van der Waals surface area contributed by atoms with Gasteiger partial charge in [0.2, 0.25) is 11.9 Å². The summed E-state index contributed by atoms with van der Waals surface area (Å²) in [5.41, 5.74) is 1.54. The summed E-state index contributed by atoms with van der Waals surface area (Å²) in [7, 11) is 0. The van der Waals surface area contributed by atoms with Crippen LogP contribution >= 0.6 is 0 Å². The highest BCUT2D eigenvalue weighted by Crippen LogP contribution is 2.35. The van der Waals surface area contributed by atoms with E-state index in [1.54, 1.807) is 6.08 Å². The third kappa shape index (κ3) is 4.00. The molecule has 0 aliphatic heterocycles. The van der Waals surface area contributed by atoms with Gasteiger partial charge in [0, 0.05) is 12.1 Å². The maximum absolute atomic E-state index is 4.63. The predicted molar refractivity (Wildman–Crippen MR) is 105 cm³/mol. The topological polar surface area (TPSA) is 75.6 Å². The molecule has 0 amide bonds. The molecule has 136 valence electrons. The van der Waals surface area contributed by atoms with Gasteiger partial charge in [0.25, 0.3) is 0 Å². The minimum absolute atomic E-state index is 0.367. The monoisotopic (exact) mass is 350 g/mol. The molecule has 0 spiro atoms. The summed E-state index contributed by atoms with van der Waals surface area (Å²) >= 11 is 0. The molecule has 6 nitrogen and oxygen atoms in total. The summed E-state index contributed by atoms with van der Waals surface area (Å²) in [4.78, 5) is 18.4. The maximum Gasteiger partial charge on any atom is 0.228 e. The molecule has 0 saturated heterocycles. The third-order valence-corrected chi connectivity index (χ3v) is 5.22. The van der Waals surface area contributed by atoms with Crippen LogP contribution in [0, 0.1) is 11.8 Å². The smallest absolute Gasteiger partial charge is 0.228 e. The first-order valence-electron chi connectivity index (χ1n) is 9.51. The second kappa shape index (κ2) is 7.02. The van der Waals surface area contributed by atoms with E-state index in [4.69, 9.17) is 0 Å². The first-order chi connectivity index (χ1) is 12.6. The lowest BCUT2D eigenvalue weighted by atomic mass is 10.2. The van der Waals surface area contributed by atoms with E-state index in [-0.39, 0.29) is 0 Å². The van der Waals surface area contributed by atoms with E-state index in [1.165, 1.54) is 25.7 Å². The van der Waals surface area contributed by atoms with Crippen molar-refractivity contribution in [1.29, 1.82) is 0 Å². The molecule has 2 aliphatic carbocycles. The molecule has 2 N–H and O–H groups in total. The van der Waals surface area contributed by atoms with E-state index in [0.29, 0.717) is 29.8 Å². The van der Waals surface area contributed by atoms with Gasteiger partial charge in [-0.1, -0.05) is 12.6 Å². The van der Waals surface area contributed by atoms with Gasteiger partial charge in [-0.25, -0.2) is 4.98 Å². The van der Waals surface area contributed by atoms with Crippen LogP contribution in [0.15, 0.2) is 24.8 Å². The van der Waals surface area contributed by atoms with Gasteiger partial charge in [0.05, 0.1) is 5.69 Å². The van der Waals surface area contributed by atoms with Crippen molar-refractivity contribution in [3.05, 3.63) is 30.5 Å². The quantitative estimate of drug-likeness (QED) is 0.749. The van der Waals surface area contributed by atoms with Crippen LogP contribution in [0.1, 0.15) is 45.2 Å². The van der Waals surface area contributed by atoms with Crippen molar-refractivity contribution < 1.29 is 0 Å². The van der Waals surface area contributed by atoms with Crippen LogP contribution in [0.5, 0.6) is 0 Å². The van der Waals surface area contributed by atoms with Gasteiger partial charge in [-0.15, -0.1) is 0 Å². The second-order valence-electron chi connectivity index (χ2n) is 7.50. The molecule has 2 heterocycles. The van der Waals surface area contributed by atoms with Crippen LogP contribution in [0.2, 0.25) is 0 Å². The largest absolute Gasteiger partial charge is 0.351 e. The zero-order valence-corrected chi connectivity index (χ0v) is 15.4. The molecule has 0 aromatic carbocycles. The van der Waals surface area contributed by atoms with Crippen LogP contribution in [0.4, 0.5) is 11.9 Å². The number of aromatic nitrogens is 4. The van der Waals surface area contributed by atoms with Crippen LogP contribution in [0.3, 0.4) is 0 Å². The highest BCUT2D eigenvalue weighted by molar-refractivity contribution is 5.56. The van der Waals surface area contributed by atoms with Crippen molar-refractivity contribution >= 4 is 18.0 Å². The normalized spacial score (nSPS) is 18.8. The third-order valence-electron chi connectivity index (χ3n) is 5.22. The maximum atomic E-state index is 4.63. The van der Waals surface area contributed by atoms with Gasteiger partial charge in [-0.3, -0.25) is 0 Å². The highest BCUT2D eigenvalue weighted by Gasteiger charge is 2.30. The lowest BCUT2D eigenvalue weighted by Crippen LogP contribution is -2.23. The van der Waals surface area contributed by atoms with E-state index in [0.717, 1.165) is 23.2 Å². The van der Waals surface area contributed by atoms with Crippen LogP contribution in [0.25, 0.3) is 17.6 Å². The molecule has 0 bridgehead atoms. The molecule has 26 heavy (non-hydrogen) atoms. The van der Waals surface area contributed by atoms with Gasteiger partial charge in [-0.2, -0.15) is 15.0 Å². The number of nitrogens with one attached hydrogen (secondary N) is 2. The van der Waals surface area contributed by atoms with Crippen molar-refractivity contribution in [3.8, 4) is 11.5 Å². The Morgan fingerprint density at radius 3 is 2.00 bits per heavy atom. The fourth-order valence-electron chi connectivity index (χ4n) is 3.14. The molecule has 2 fully saturated rings. The number of anilines is 2. The standard InChI is InChI=1S/C20H26N6/c1-4-16-6-5-7-17(23-16)18-24-19(21-12(2)14-8-9-14)26-20(25-18)22-13(3)15-10-11-15/h4-7,12-15H,1,8-11H2,2-3H3,(H2,21,22,24,25,26)/t12-,13-/m1/s1. The average Bonchev–Trinajstić information content (AvgIpc) is 3.53. The molecule has 2 aliphatic rings. The van der Waals surface area contributed by atoms with E-state index >= 15 is 0 Å².